The fourth-order valence-corrected chi connectivity index (χ4v) is 5.18. The maximum absolute atomic E-state index is 13.6. The first-order valence-electron chi connectivity index (χ1n) is 13.2. The van der Waals surface area contributed by atoms with E-state index in [1.165, 1.54) is 40.2 Å². The second-order valence-corrected chi connectivity index (χ2v) is 10.2. The molecule has 5 nitrogen and oxygen atoms in total. The number of amides is 2. The fraction of sp³-hybridized carbons (Fsp3) is 0.226. The Kier molecular flexibility index (Phi) is 8.04. The quantitative estimate of drug-likeness (QED) is 0.198. The van der Waals surface area contributed by atoms with Crippen LogP contribution in [0.15, 0.2) is 79.0 Å². The molecule has 0 radical (unpaired) electrons. The molecule has 12 heteroatoms. The summed E-state index contributed by atoms with van der Waals surface area (Å²) in [4.78, 5) is 32.4. The minimum absolute atomic E-state index is 0.0203. The number of H-pyrrole nitrogens is 1. The van der Waals surface area contributed by atoms with Crippen LogP contribution in [0.3, 0.4) is 0 Å². The number of alkyl halides is 6. The molecule has 1 aliphatic rings. The average molecular weight is 604 g/mol. The Morgan fingerprint density at radius 3 is 2.26 bits per heavy atom. The number of nitrogens with one attached hydrogen (secondary N) is 1. The van der Waals surface area contributed by atoms with Gasteiger partial charge < -0.3 is 14.8 Å². The zero-order valence-corrected chi connectivity index (χ0v) is 22.3. The molecule has 0 bridgehead atoms. The van der Waals surface area contributed by atoms with E-state index in [-0.39, 0.29) is 32.1 Å². The SMILES string of the molecule is O=C(/C=C/c1cccc(F)c1)N1CCN(C(=O)c2cc(C(F)(F)F)cc(C(F)(F)F)c2)C(Cc2c[nH]c3ccccc23)C1. The van der Waals surface area contributed by atoms with Crippen molar-refractivity contribution in [3.05, 3.63) is 113 Å². The maximum atomic E-state index is 13.6. The summed E-state index contributed by atoms with van der Waals surface area (Å²) in [5, 5.41) is 0.822. The molecule has 0 aliphatic carbocycles. The van der Waals surface area contributed by atoms with Gasteiger partial charge in [-0.3, -0.25) is 9.59 Å². The van der Waals surface area contributed by atoms with Crippen LogP contribution < -0.4 is 0 Å². The van der Waals surface area contributed by atoms with Gasteiger partial charge in [-0.1, -0.05) is 30.3 Å². The van der Waals surface area contributed by atoms with Gasteiger partial charge in [0.15, 0.2) is 0 Å². The maximum Gasteiger partial charge on any atom is 0.416 e. The molecule has 2 amide bonds. The van der Waals surface area contributed by atoms with Gasteiger partial charge in [-0.25, -0.2) is 4.39 Å². The van der Waals surface area contributed by atoms with E-state index in [1.54, 1.807) is 18.3 Å². The van der Waals surface area contributed by atoms with E-state index in [4.69, 9.17) is 0 Å². The molecule has 1 unspecified atom stereocenters. The number of piperazine rings is 1. The van der Waals surface area contributed by atoms with Crippen LogP contribution in [0.2, 0.25) is 0 Å². The van der Waals surface area contributed by atoms with Gasteiger partial charge in [0.25, 0.3) is 5.91 Å². The molecular weight excluding hydrogens is 579 g/mol. The molecule has 1 N–H and O–H groups in total. The topological polar surface area (TPSA) is 56.4 Å². The Hall–Kier alpha value is -4.61. The number of aromatic nitrogens is 1. The van der Waals surface area contributed by atoms with Crippen LogP contribution in [0.25, 0.3) is 17.0 Å². The van der Waals surface area contributed by atoms with Gasteiger partial charge in [-0.15, -0.1) is 0 Å². The Morgan fingerprint density at radius 1 is 0.884 bits per heavy atom. The molecule has 1 atom stereocenters. The molecule has 0 spiro atoms. The number of hydrogen-bond donors (Lipinski definition) is 1. The van der Waals surface area contributed by atoms with Crippen molar-refractivity contribution in [3.63, 3.8) is 0 Å². The molecule has 1 aliphatic heterocycles. The second kappa shape index (κ2) is 11.6. The summed E-state index contributed by atoms with van der Waals surface area (Å²) in [6, 6.07) is 12.9. The van der Waals surface area contributed by atoms with E-state index >= 15 is 0 Å². The molecule has 1 saturated heterocycles. The minimum atomic E-state index is -5.11. The zero-order valence-electron chi connectivity index (χ0n) is 22.3. The summed E-state index contributed by atoms with van der Waals surface area (Å²) >= 11 is 0. The number of carbonyl (C=O) groups is 2. The Morgan fingerprint density at radius 2 is 1.58 bits per heavy atom. The van der Waals surface area contributed by atoms with E-state index < -0.39 is 52.7 Å². The second-order valence-electron chi connectivity index (χ2n) is 10.2. The molecule has 1 aromatic heterocycles. The molecule has 3 aromatic carbocycles. The van der Waals surface area contributed by atoms with Crippen LogP contribution in [-0.4, -0.2) is 52.3 Å². The van der Waals surface area contributed by atoms with E-state index in [0.29, 0.717) is 17.7 Å². The number of nitrogens with zero attached hydrogens (tertiary/aromatic N) is 2. The average Bonchev–Trinajstić information content (AvgIpc) is 3.37. The number of carbonyl (C=O) groups excluding carboxylic acids is 2. The van der Waals surface area contributed by atoms with Gasteiger partial charge in [0.05, 0.1) is 17.2 Å². The van der Waals surface area contributed by atoms with Crippen molar-refractivity contribution in [2.24, 2.45) is 0 Å². The van der Waals surface area contributed by atoms with Crippen molar-refractivity contribution in [1.82, 2.24) is 14.8 Å². The number of rotatable bonds is 5. The lowest BCUT2D eigenvalue weighted by molar-refractivity contribution is -0.143. The predicted octanol–water partition coefficient (Wildman–Crippen LogP) is 6.95. The number of aromatic amines is 1. The number of hydrogen-bond acceptors (Lipinski definition) is 2. The zero-order chi connectivity index (χ0) is 30.9. The van der Waals surface area contributed by atoms with Gasteiger partial charge in [0.2, 0.25) is 5.91 Å². The van der Waals surface area contributed by atoms with E-state index in [1.807, 2.05) is 18.2 Å². The summed E-state index contributed by atoms with van der Waals surface area (Å²) in [6.07, 6.45) is -5.67. The monoisotopic (exact) mass is 603 g/mol. The lowest BCUT2D eigenvalue weighted by Gasteiger charge is -2.41. The van der Waals surface area contributed by atoms with Crippen molar-refractivity contribution < 1.29 is 40.3 Å². The Labute approximate surface area is 241 Å². The lowest BCUT2D eigenvalue weighted by Crippen LogP contribution is -2.57. The van der Waals surface area contributed by atoms with Crippen LogP contribution in [0.4, 0.5) is 30.7 Å². The number of benzene rings is 3. The van der Waals surface area contributed by atoms with Gasteiger partial charge in [-0.05, 0) is 60.0 Å². The molecule has 0 saturated carbocycles. The molecule has 1 fully saturated rings. The first kappa shape index (κ1) is 29.9. The molecule has 43 heavy (non-hydrogen) atoms. The van der Waals surface area contributed by atoms with Gasteiger partial charge in [-0.2, -0.15) is 26.3 Å². The van der Waals surface area contributed by atoms with Crippen molar-refractivity contribution in [1.29, 1.82) is 0 Å². The van der Waals surface area contributed by atoms with Crippen molar-refractivity contribution in [2.75, 3.05) is 19.6 Å². The van der Waals surface area contributed by atoms with Crippen molar-refractivity contribution in [2.45, 2.75) is 24.8 Å². The van der Waals surface area contributed by atoms with Gasteiger partial charge >= 0.3 is 12.4 Å². The lowest BCUT2D eigenvalue weighted by atomic mass is 9.98. The number of para-hydroxylation sites is 1. The highest BCUT2D eigenvalue weighted by Crippen LogP contribution is 2.37. The van der Waals surface area contributed by atoms with Crippen LogP contribution in [0.5, 0.6) is 0 Å². The molecule has 224 valence electrons. The van der Waals surface area contributed by atoms with Gasteiger partial charge in [0, 0.05) is 48.4 Å². The Bertz CT molecular complexity index is 1660. The summed E-state index contributed by atoms with van der Waals surface area (Å²) in [6.45, 7) is -0.195. The molecule has 2 heterocycles. The van der Waals surface area contributed by atoms with Crippen LogP contribution in [0, 0.1) is 5.82 Å². The molecule has 5 rings (SSSR count). The standard InChI is InChI=1S/C31H24F7N3O2/c32-24-5-3-4-19(12-24)8-9-28(42)40-10-11-41(25(18-40)15-21-17-39-27-7-2-1-6-26(21)27)29(43)20-13-22(30(33,34)35)16-23(14-20)31(36,37)38/h1-9,12-14,16-17,25,39H,10-11,15,18H2/b9-8+. The highest BCUT2D eigenvalue weighted by Gasteiger charge is 2.39. The summed E-state index contributed by atoms with van der Waals surface area (Å²) < 4.78 is 94.6. The van der Waals surface area contributed by atoms with E-state index in [2.05, 4.69) is 4.98 Å². The summed E-state index contributed by atoms with van der Waals surface area (Å²) in [5.74, 6) is -1.94. The number of halogens is 7. The molecular formula is C31H24F7N3O2. The highest BCUT2D eigenvalue weighted by atomic mass is 19.4. The third-order valence-electron chi connectivity index (χ3n) is 7.29. The van der Waals surface area contributed by atoms with Crippen LogP contribution in [-0.2, 0) is 23.6 Å². The van der Waals surface area contributed by atoms with E-state index in [0.717, 1.165) is 16.5 Å². The third-order valence-corrected chi connectivity index (χ3v) is 7.29. The first-order chi connectivity index (χ1) is 20.3. The minimum Gasteiger partial charge on any atom is -0.361 e. The smallest absolute Gasteiger partial charge is 0.361 e. The summed E-state index contributed by atoms with van der Waals surface area (Å²) in [5.41, 5.74) is -1.93. The Balaban J connectivity index is 1.47. The normalized spacial score (nSPS) is 16.3. The highest BCUT2D eigenvalue weighted by molar-refractivity contribution is 5.96. The number of fused-ring (bicyclic) bond motifs is 1. The largest absolute Gasteiger partial charge is 0.416 e. The van der Waals surface area contributed by atoms with Crippen LogP contribution in [0.1, 0.15) is 32.6 Å². The van der Waals surface area contributed by atoms with E-state index in [9.17, 15) is 40.3 Å². The van der Waals surface area contributed by atoms with Crippen molar-refractivity contribution >= 4 is 28.8 Å². The van der Waals surface area contributed by atoms with Crippen molar-refractivity contribution in [3.8, 4) is 0 Å². The first-order valence-corrected chi connectivity index (χ1v) is 13.2. The fourth-order valence-electron chi connectivity index (χ4n) is 5.18. The summed E-state index contributed by atoms with van der Waals surface area (Å²) in [7, 11) is 0. The van der Waals surface area contributed by atoms with Crippen LogP contribution >= 0.6 is 0 Å². The molecule has 4 aromatic rings. The van der Waals surface area contributed by atoms with Gasteiger partial charge in [0.1, 0.15) is 5.82 Å². The third kappa shape index (κ3) is 6.73. The predicted molar refractivity (Wildman–Crippen MR) is 145 cm³/mol.